The quantitative estimate of drug-likeness (QED) is 0.294. The van der Waals surface area contributed by atoms with Crippen LogP contribution in [-0.4, -0.2) is 49.3 Å². The van der Waals surface area contributed by atoms with E-state index in [9.17, 15) is 9.59 Å². The third-order valence-electron chi connectivity index (χ3n) is 4.83. The standard InChI is InChI=1S/C20H19N5O3S/c1-9-14(19(27)28-4)10(2)21-15(9)17(26)11(3)29-20-23-18-16(24-25-20)12-7-5-6-8-13(12)22-18/h5-8,11,21H,1-4H3,(H,22,23,25)/t11-/m1/s1. The van der Waals surface area contributed by atoms with E-state index < -0.39 is 11.2 Å². The van der Waals surface area contributed by atoms with Crippen molar-refractivity contribution in [3.05, 3.63) is 46.8 Å². The third kappa shape index (κ3) is 3.27. The van der Waals surface area contributed by atoms with Gasteiger partial charge in [-0.3, -0.25) is 4.79 Å². The number of aromatic nitrogens is 5. The van der Waals surface area contributed by atoms with Crippen LogP contribution in [0.25, 0.3) is 22.1 Å². The minimum absolute atomic E-state index is 0.147. The SMILES string of the molecule is COC(=O)c1c(C)[nH]c(C(=O)[C@@H](C)Sc2nnc3c(n2)[nH]c2ccccc23)c1C. The molecule has 0 aliphatic carbocycles. The van der Waals surface area contributed by atoms with Gasteiger partial charge >= 0.3 is 5.97 Å². The number of rotatable bonds is 5. The molecular formula is C20H19N5O3S. The highest BCUT2D eigenvalue weighted by atomic mass is 32.2. The summed E-state index contributed by atoms with van der Waals surface area (Å²) in [5, 5.41) is 9.34. The minimum atomic E-state index is -0.471. The maximum absolute atomic E-state index is 13.0. The summed E-state index contributed by atoms with van der Waals surface area (Å²) < 4.78 is 4.81. The summed E-state index contributed by atoms with van der Waals surface area (Å²) in [4.78, 5) is 35.7. The fraction of sp³-hybridized carbons (Fsp3) is 0.250. The highest BCUT2D eigenvalue weighted by molar-refractivity contribution is 8.00. The van der Waals surface area contributed by atoms with E-state index in [1.54, 1.807) is 20.8 Å². The van der Waals surface area contributed by atoms with Gasteiger partial charge < -0.3 is 14.7 Å². The summed E-state index contributed by atoms with van der Waals surface area (Å²) >= 11 is 1.22. The van der Waals surface area contributed by atoms with Gasteiger partial charge in [0.05, 0.1) is 23.6 Å². The first-order valence-corrected chi connectivity index (χ1v) is 9.88. The van der Waals surface area contributed by atoms with Crippen LogP contribution in [0.2, 0.25) is 0 Å². The Balaban J connectivity index is 1.61. The lowest BCUT2D eigenvalue weighted by Crippen LogP contribution is -2.16. The van der Waals surface area contributed by atoms with Crippen LogP contribution in [0.4, 0.5) is 0 Å². The Hall–Kier alpha value is -3.20. The summed E-state index contributed by atoms with van der Waals surface area (Å²) in [6.07, 6.45) is 0. The van der Waals surface area contributed by atoms with Crippen LogP contribution >= 0.6 is 11.8 Å². The van der Waals surface area contributed by atoms with E-state index in [0.717, 1.165) is 10.9 Å². The number of aryl methyl sites for hydroxylation is 1. The van der Waals surface area contributed by atoms with Crippen LogP contribution in [-0.2, 0) is 4.74 Å². The number of aromatic amines is 2. The van der Waals surface area contributed by atoms with Gasteiger partial charge in [0.25, 0.3) is 0 Å². The van der Waals surface area contributed by atoms with Crippen molar-refractivity contribution >= 4 is 45.6 Å². The lowest BCUT2D eigenvalue weighted by Gasteiger charge is -2.08. The summed E-state index contributed by atoms with van der Waals surface area (Å²) in [7, 11) is 1.32. The van der Waals surface area contributed by atoms with Crippen molar-refractivity contribution in [1.82, 2.24) is 25.1 Å². The molecule has 148 valence electrons. The summed E-state index contributed by atoms with van der Waals surface area (Å²) in [5.74, 6) is -0.613. The molecule has 2 N–H and O–H groups in total. The molecule has 0 aliphatic heterocycles. The van der Waals surface area contributed by atoms with Crippen molar-refractivity contribution < 1.29 is 14.3 Å². The van der Waals surface area contributed by atoms with Gasteiger partial charge in [-0.05, 0) is 32.4 Å². The topological polar surface area (TPSA) is 114 Å². The Kier molecular flexibility index (Phi) is 4.83. The highest BCUT2D eigenvalue weighted by Crippen LogP contribution is 2.28. The normalized spacial score (nSPS) is 12.4. The van der Waals surface area contributed by atoms with Crippen LogP contribution < -0.4 is 0 Å². The molecule has 0 unspecified atom stereocenters. The van der Waals surface area contributed by atoms with Crippen molar-refractivity contribution in [3.63, 3.8) is 0 Å². The summed E-state index contributed by atoms with van der Waals surface area (Å²) in [5.41, 5.74) is 4.23. The lowest BCUT2D eigenvalue weighted by atomic mass is 10.1. The largest absolute Gasteiger partial charge is 0.465 e. The van der Waals surface area contributed by atoms with E-state index in [-0.39, 0.29) is 5.78 Å². The molecule has 1 atom stereocenters. The van der Waals surface area contributed by atoms with Crippen LogP contribution in [0.1, 0.15) is 39.0 Å². The maximum Gasteiger partial charge on any atom is 0.339 e. The second-order valence-corrected chi connectivity index (χ2v) is 8.01. The Morgan fingerprint density at radius 2 is 1.90 bits per heavy atom. The molecule has 0 aliphatic rings. The molecule has 4 rings (SSSR count). The number of hydrogen-bond donors (Lipinski definition) is 2. The number of nitrogens with zero attached hydrogens (tertiary/aromatic N) is 3. The van der Waals surface area contributed by atoms with Crippen molar-refractivity contribution in [2.45, 2.75) is 31.2 Å². The van der Waals surface area contributed by atoms with E-state index in [1.807, 2.05) is 24.3 Å². The zero-order valence-corrected chi connectivity index (χ0v) is 17.2. The Labute approximate surface area is 170 Å². The molecule has 0 saturated carbocycles. The van der Waals surface area contributed by atoms with E-state index in [2.05, 4.69) is 25.1 Å². The second kappa shape index (κ2) is 7.32. The van der Waals surface area contributed by atoms with Crippen LogP contribution in [0.3, 0.4) is 0 Å². The van der Waals surface area contributed by atoms with Gasteiger partial charge in [-0.15, -0.1) is 10.2 Å². The van der Waals surface area contributed by atoms with Gasteiger partial charge in [0.1, 0.15) is 5.52 Å². The molecule has 0 bridgehead atoms. The first-order chi connectivity index (χ1) is 13.9. The average Bonchev–Trinajstić information content (AvgIpc) is 3.23. The average molecular weight is 409 g/mol. The zero-order valence-electron chi connectivity index (χ0n) is 16.4. The number of H-pyrrole nitrogens is 2. The van der Waals surface area contributed by atoms with Crippen LogP contribution in [0, 0.1) is 13.8 Å². The second-order valence-electron chi connectivity index (χ2n) is 6.70. The number of fused-ring (bicyclic) bond motifs is 3. The molecule has 0 spiro atoms. The minimum Gasteiger partial charge on any atom is -0.465 e. The van der Waals surface area contributed by atoms with Crippen molar-refractivity contribution in [2.24, 2.45) is 0 Å². The predicted molar refractivity (Wildman–Crippen MR) is 110 cm³/mol. The first-order valence-electron chi connectivity index (χ1n) is 9.00. The molecule has 0 fully saturated rings. The molecule has 29 heavy (non-hydrogen) atoms. The number of thioether (sulfide) groups is 1. The number of Topliss-reactive ketones (excluding diaryl/α,β-unsaturated/α-hetero) is 1. The molecule has 0 radical (unpaired) electrons. The Morgan fingerprint density at radius 3 is 2.66 bits per heavy atom. The number of ketones is 1. The number of ether oxygens (including phenoxy) is 1. The Morgan fingerprint density at radius 1 is 1.14 bits per heavy atom. The number of methoxy groups -OCH3 is 1. The third-order valence-corrected chi connectivity index (χ3v) is 5.78. The zero-order chi connectivity index (χ0) is 20.7. The molecule has 4 aromatic rings. The van der Waals surface area contributed by atoms with Gasteiger partial charge in [0, 0.05) is 16.6 Å². The number of para-hydroxylation sites is 1. The number of carbonyl (C=O) groups excluding carboxylic acids is 2. The fourth-order valence-corrected chi connectivity index (χ4v) is 4.15. The molecule has 3 heterocycles. The number of esters is 1. The predicted octanol–water partition coefficient (Wildman–Crippen LogP) is 3.60. The summed E-state index contributed by atoms with van der Waals surface area (Å²) in [6, 6.07) is 7.78. The monoisotopic (exact) mass is 409 g/mol. The van der Waals surface area contributed by atoms with Gasteiger partial charge in [0.15, 0.2) is 11.4 Å². The van der Waals surface area contributed by atoms with Crippen molar-refractivity contribution in [2.75, 3.05) is 7.11 Å². The number of benzene rings is 1. The number of hydrogen-bond acceptors (Lipinski definition) is 7. The van der Waals surface area contributed by atoms with Gasteiger partial charge in [-0.1, -0.05) is 30.0 Å². The van der Waals surface area contributed by atoms with Crippen LogP contribution in [0.5, 0.6) is 0 Å². The molecule has 8 nitrogen and oxygen atoms in total. The molecular weight excluding hydrogens is 390 g/mol. The van der Waals surface area contributed by atoms with Gasteiger partial charge in [0.2, 0.25) is 5.16 Å². The molecule has 3 aromatic heterocycles. The van der Waals surface area contributed by atoms with E-state index in [1.165, 1.54) is 18.9 Å². The van der Waals surface area contributed by atoms with Gasteiger partial charge in [-0.2, -0.15) is 0 Å². The molecule has 9 heteroatoms. The maximum atomic E-state index is 13.0. The smallest absolute Gasteiger partial charge is 0.339 e. The van der Waals surface area contributed by atoms with Gasteiger partial charge in [-0.25, -0.2) is 9.78 Å². The van der Waals surface area contributed by atoms with Crippen LogP contribution in [0.15, 0.2) is 29.4 Å². The van der Waals surface area contributed by atoms with Crippen molar-refractivity contribution in [1.29, 1.82) is 0 Å². The number of carbonyl (C=O) groups is 2. The highest BCUT2D eigenvalue weighted by Gasteiger charge is 2.26. The first kappa shape index (κ1) is 19.1. The van der Waals surface area contributed by atoms with Crippen molar-refractivity contribution in [3.8, 4) is 0 Å². The Bertz CT molecular complexity index is 1260. The van der Waals surface area contributed by atoms with E-state index in [4.69, 9.17) is 4.74 Å². The molecule has 1 aromatic carbocycles. The number of nitrogens with one attached hydrogen (secondary N) is 2. The lowest BCUT2D eigenvalue weighted by molar-refractivity contribution is 0.0599. The van der Waals surface area contributed by atoms with E-state index >= 15 is 0 Å². The molecule has 0 saturated heterocycles. The van der Waals surface area contributed by atoms with E-state index in [0.29, 0.717) is 38.8 Å². The molecule has 0 amide bonds. The summed E-state index contributed by atoms with van der Waals surface area (Å²) in [6.45, 7) is 5.25. The fourth-order valence-electron chi connectivity index (χ4n) is 3.38.